The van der Waals surface area contributed by atoms with Gasteiger partial charge in [-0.3, -0.25) is 0 Å². The minimum Gasteiger partial charge on any atom is -0.340 e. The maximum absolute atomic E-state index is 4.72. The molecule has 0 bridgehead atoms. The zero-order valence-electron chi connectivity index (χ0n) is 9.58. The zero-order chi connectivity index (χ0) is 11.1. The molecule has 1 aliphatic carbocycles. The first-order valence-electron chi connectivity index (χ1n) is 5.73. The van der Waals surface area contributed by atoms with E-state index in [1.165, 1.54) is 23.4 Å². The monoisotopic (exact) mass is 233 g/mol. The minimum absolute atomic E-state index is 0.810. The van der Waals surface area contributed by atoms with Gasteiger partial charge in [0.05, 0.1) is 17.6 Å². The van der Waals surface area contributed by atoms with Gasteiger partial charge in [-0.1, -0.05) is 6.92 Å². The van der Waals surface area contributed by atoms with E-state index in [-0.39, 0.29) is 0 Å². The number of rotatable bonds is 1. The molecule has 2 aromatic rings. The van der Waals surface area contributed by atoms with Gasteiger partial charge in [0.15, 0.2) is 0 Å². The lowest BCUT2D eigenvalue weighted by Gasteiger charge is -2.15. The number of fused-ring (bicyclic) bond motifs is 1. The summed E-state index contributed by atoms with van der Waals surface area (Å²) >= 11 is 1.82. The standard InChI is InChI=1S/C12H15N3S/c1-7-3-4-9-11(5-7)16-12(15-9)10-6-13-8(2)14-10/h6-7H,3-5H2,1-2H3,(H,13,14). The number of aryl methyl sites for hydroxylation is 2. The maximum atomic E-state index is 4.72. The fourth-order valence-electron chi connectivity index (χ4n) is 2.18. The first-order valence-corrected chi connectivity index (χ1v) is 6.54. The maximum Gasteiger partial charge on any atom is 0.141 e. The first kappa shape index (κ1) is 10.0. The molecule has 2 heterocycles. The molecule has 0 fully saturated rings. The number of hydrogen-bond donors (Lipinski definition) is 1. The average molecular weight is 233 g/mol. The second-order valence-corrected chi connectivity index (χ2v) is 5.70. The van der Waals surface area contributed by atoms with E-state index in [1.54, 1.807) is 0 Å². The van der Waals surface area contributed by atoms with Crippen molar-refractivity contribution in [2.24, 2.45) is 5.92 Å². The summed E-state index contributed by atoms with van der Waals surface area (Å²) in [6.45, 7) is 4.29. The number of hydrogen-bond acceptors (Lipinski definition) is 3. The number of nitrogens with one attached hydrogen (secondary N) is 1. The van der Waals surface area contributed by atoms with Crippen LogP contribution in [0.3, 0.4) is 0 Å². The van der Waals surface area contributed by atoms with Crippen molar-refractivity contribution in [2.75, 3.05) is 0 Å². The van der Waals surface area contributed by atoms with Gasteiger partial charge in [-0.05, 0) is 32.1 Å². The molecule has 2 aromatic heterocycles. The summed E-state index contributed by atoms with van der Waals surface area (Å²) in [7, 11) is 0. The quantitative estimate of drug-likeness (QED) is 0.822. The Balaban J connectivity index is 1.98. The van der Waals surface area contributed by atoms with Gasteiger partial charge in [0, 0.05) is 4.88 Å². The smallest absolute Gasteiger partial charge is 0.141 e. The molecule has 1 unspecified atom stereocenters. The van der Waals surface area contributed by atoms with Crippen LogP contribution in [0.1, 0.15) is 29.7 Å². The molecule has 84 valence electrons. The van der Waals surface area contributed by atoms with Crippen LogP contribution in [-0.4, -0.2) is 15.0 Å². The van der Waals surface area contributed by atoms with Crippen molar-refractivity contribution >= 4 is 11.3 Å². The molecule has 0 aliphatic heterocycles. The zero-order valence-corrected chi connectivity index (χ0v) is 10.4. The molecular weight excluding hydrogens is 218 g/mol. The molecule has 0 radical (unpaired) electrons. The van der Waals surface area contributed by atoms with Gasteiger partial charge >= 0.3 is 0 Å². The summed E-state index contributed by atoms with van der Waals surface area (Å²) in [5, 5.41) is 1.10. The molecule has 4 heteroatoms. The molecule has 0 amide bonds. The highest BCUT2D eigenvalue weighted by Gasteiger charge is 2.20. The van der Waals surface area contributed by atoms with Crippen LogP contribution in [0.25, 0.3) is 10.7 Å². The topological polar surface area (TPSA) is 41.6 Å². The fourth-order valence-corrected chi connectivity index (χ4v) is 3.42. The number of aromatic amines is 1. The lowest BCUT2D eigenvalue weighted by molar-refractivity contribution is 0.502. The van der Waals surface area contributed by atoms with Crippen molar-refractivity contribution in [1.82, 2.24) is 15.0 Å². The van der Waals surface area contributed by atoms with E-state index in [0.717, 1.165) is 28.9 Å². The summed E-state index contributed by atoms with van der Waals surface area (Å²) in [6, 6.07) is 0. The lowest BCUT2D eigenvalue weighted by atomic mass is 9.93. The van der Waals surface area contributed by atoms with Crippen molar-refractivity contribution in [3.63, 3.8) is 0 Å². The fraction of sp³-hybridized carbons (Fsp3) is 0.500. The van der Waals surface area contributed by atoms with Gasteiger partial charge in [-0.2, -0.15) is 0 Å². The van der Waals surface area contributed by atoms with Crippen molar-refractivity contribution in [3.8, 4) is 10.7 Å². The third-order valence-corrected chi connectivity index (χ3v) is 4.27. The average Bonchev–Trinajstić information content (AvgIpc) is 2.83. The van der Waals surface area contributed by atoms with E-state index in [9.17, 15) is 0 Å². The van der Waals surface area contributed by atoms with Gasteiger partial charge in [-0.25, -0.2) is 9.97 Å². The number of thiazole rings is 1. The van der Waals surface area contributed by atoms with Gasteiger partial charge in [0.1, 0.15) is 10.8 Å². The third-order valence-electron chi connectivity index (χ3n) is 3.12. The normalized spacial score (nSPS) is 19.8. The van der Waals surface area contributed by atoms with Crippen LogP contribution in [0.5, 0.6) is 0 Å². The highest BCUT2D eigenvalue weighted by atomic mass is 32.1. The van der Waals surface area contributed by atoms with E-state index in [0.29, 0.717) is 0 Å². The Morgan fingerprint density at radius 3 is 3.12 bits per heavy atom. The van der Waals surface area contributed by atoms with Crippen LogP contribution in [0, 0.1) is 12.8 Å². The predicted octanol–water partition coefficient (Wildman–Crippen LogP) is 2.97. The van der Waals surface area contributed by atoms with Gasteiger partial charge in [0.2, 0.25) is 0 Å². The van der Waals surface area contributed by atoms with Crippen molar-refractivity contribution in [2.45, 2.75) is 33.1 Å². The highest BCUT2D eigenvalue weighted by molar-refractivity contribution is 7.15. The van der Waals surface area contributed by atoms with Crippen LogP contribution >= 0.6 is 11.3 Å². The summed E-state index contributed by atoms with van der Waals surface area (Å²) < 4.78 is 0. The van der Waals surface area contributed by atoms with Crippen molar-refractivity contribution < 1.29 is 0 Å². The molecule has 3 nitrogen and oxygen atoms in total. The van der Waals surface area contributed by atoms with Crippen molar-refractivity contribution in [1.29, 1.82) is 0 Å². The third kappa shape index (κ3) is 1.67. The number of aromatic nitrogens is 3. The largest absolute Gasteiger partial charge is 0.340 e. The van der Waals surface area contributed by atoms with Crippen LogP contribution in [0.2, 0.25) is 0 Å². The van der Waals surface area contributed by atoms with Crippen molar-refractivity contribution in [3.05, 3.63) is 22.6 Å². The molecule has 0 spiro atoms. The van der Waals surface area contributed by atoms with Crippen LogP contribution in [-0.2, 0) is 12.8 Å². The van der Waals surface area contributed by atoms with Gasteiger partial charge in [-0.15, -0.1) is 11.3 Å². The van der Waals surface area contributed by atoms with Gasteiger partial charge < -0.3 is 4.98 Å². The Hall–Kier alpha value is -1.16. The summed E-state index contributed by atoms with van der Waals surface area (Å²) in [6.07, 6.45) is 5.49. The van der Waals surface area contributed by atoms with Crippen LogP contribution in [0.15, 0.2) is 6.20 Å². The van der Waals surface area contributed by atoms with E-state index in [2.05, 4.69) is 16.9 Å². The lowest BCUT2D eigenvalue weighted by Crippen LogP contribution is -2.09. The Kier molecular flexibility index (Phi) is 2.32. The molecule has 0 saturated carbocycles. The molecule has 0 aromatic carbocycles. The van der Waals surface area contributed by atoms with E-state index < -0.39 is 0 Å². The second-order valence-electron chi connectivity index (χ2n) is 4.62. The van der Waals surface area contributed by atoms with Crippen LogP contribution < -0.4 is 0 Å². The predicted molar refractivity (Wildman–Crippen MR) is 65.6 cm³/mol. The Labute approximate surface area is 99.0 Å². The molecule has 16 heavy (non-hydrogen) atoms. The summed E-state index contributed by atoms with van der Waals surface area (Å²) in [4.78, 5) is 13.7. The molecule has 1 atom stereocenters. The number of imidazole rings is 1. The summed E-state index contributed by atoms with van der Waals surface area (Å²) in [5.74, 6) is 1.76. The van der Waals surface area contributed by atoms with E-state index in [4.69, 9.17) is 4.98 Å². The SMILES string of the molecule is Cc1ncc(-c2nc3c(s2)CC(C)CC3)[nH]1. The molecule has 1 aliphatic rings. The molecule has 3 rings (SSSR count). The number of H-pyrrole nitrogens is 1. The van der Waals surface area contributed by atoms with Crippen LogP contribution in [0.4, 0.5) is 0 Å². The summed E-state index contributed by atoms with van der Waals surface area (Å²) in [5.41, 5.74) is 2.37. The highest BCUT2D eigenvalue weighted by Crippen LogP contribution is 2.33. The molecular formula is C12H15N3S. The molecule has 1 N–H and O–H groups in total. The second kappa shape index (κ2) is 3.70. The Bertz CT molecular complexity index is 512. The number of nitrogens with zero attached hydrogens (tertiary/aromatic N) is 2. The van der Waals surface area contributed by atoms with E-state index >= 15 is 0 Å². The Morgan fingerprint density at radius 2 is 2.38 bits per heavy atom. The minimum atomic E-state index is 0.810. The molecule has 0 saturated heterocycles. The van der Waals surface area contributed by atoms with Gasteiger partial charge in [0.25, 0.3) is 0 Å². The van der Waals surface area contributed by atoms with E-state index in [1.807, 2.05) is 24.5 Å². The first-order chi connectivity index (χ1) is 7.72. The Morgan fingerprint density at radius 1 is 1.50 bits per heavy atom.